The van der Waals surface area contributed by atoms with Crippen molar-refractivity contribution < 1.29 is 8.22 Å². The number of para-hydroxylation sites is 4. The summed E-state index contributed by atoms with van der Waals surface area (Å²) >= 11 is 0. The summed E-state index contributed by atoms with van der Waals surface area (Å²) in [7, 11) is 0. The van der Waals surface area contributed by atoms with E-state index in [-0.39, 0.29) is 13.3 Å². The van der Waals surface area contributed by atoms with Crippen LogP contribution in [-0.2, 0) is 0 Å². The van der Waals surface area contributed by atoms with Crippen LogP contribution in [0.4, 0.5) is 39.8 Å². The van der Waals surface area contributed by atoms with Gasteiger partial charge >= 0.3 is 0 Å². The van der Waals surface area contributed by atoms with Crippen LogP contribution < -0.4 is 19.6 Å². The molecule has 6 aromatic rings. The van der Waals surface area contributed by atoms with E-state index in [0.29, 0.717) is 5.69 Å². The van der Waals surface area contributed by atoms with E-state index in [4.69, 9.17) is 8.22 Å². The lowest BCUT2D eigenvalue weighted by Gasteiger charge is -2.34. The lowest BCUT2D eigenvalue weighted by molar-refractivity contribution is 0.496. The number of aromatic nitrogens is 1. The van der Waals surface area contributed by atoms with Gasteiger partial charge in [0.15, 0.2) is 0 Å². The minimum atomic E-state index is -2.29. The van der Waals surface area contributed by atoms with Crippen molar-refractivity contribution >= 4 is 61.6 Å². The van der Waals surface area contributed by atoms with Gasteiger partial charge in [-0.25, -0.2) is 0 Å². The van der Waals surface area contributed by atoms with Crippen LogP contribution in [0.5, 0.6) is 0 Å². The SMILES string of the molecule is [2H]C([2H])([2H])N1C=CN(c2cccc(N3c4cc(N5CN(C([2H])([2H])[2H])c6ccccc65)ccc4-n4c5ccccc5c5cccc3c54)c2)C1. The van der Waals surface area contributed by atoms with Crippen molar-refractivity contribution in [1.82, 2.24) is 9.47 Å². The molecule has 0 unspecified atom stereocenters. The van der Waals surface area contributed by atoms with E-state index in [1.165, 1.54) is 9.80 Å². The Bertz CT molecular complexity index is 2290. The maximum absolute atomic E-state index is 8.23. The molecule has 6 heteroatoms. The van der Waals surface area contributed by atoms with E-state index in [2.05, 4.69) is 87.2 Å². The fraction of sp³-hybridized carbons (Fsp3) is 0.111. The Morgan fingerprint density at radius 3 is 2.29 bits per heavy atom. The van der Waals surface area contributed by atoms with Crippen molar-refractivity contribution in [1.29, 1.82) is 0 Å². The second-order valence-corrected chi connectivity index (χ2v) is 10.9. The van der Waals surface area contributed by atoms with Gasteiger partial charge in [0.25, 0.3) is 0 Å². The Labute approximate surface area is 253 Å². The van der Waals surface area contributed by atoms with Crippen molar-refractivity contribution in [2.75, 3.05) is 46.9 Å². The zero-order valence-corrected chi connectivity index (χ0v) is 22.6. The van der Waals surface area contributed by atoms with Gasteiger partial charge < -0.3 is 29.1 Å². The molecule has 0 fully saturated rings. The van der Waals surface area contributed by atoms with Crippen LogP contribution in [0.25, 0.3) is 27.5 Å². The maximum Gasteiger partial charge on any atom is 0.0950 e. The van der Waals surface area contributed by atoms with E-state index in [9.17, 15) is 0 Å². The third-order valence-electron chi connectivity index (χ3n) is 8.56. The summed E-state index contributed by atoms with van der Waals surface area (Å²) in [6.45, 7) is -4.10. The molecule has 9 rings (SSSR count). The zero-order valence-electron chi connectivity index (χ0n) is 28.6. The number of rotatable bonds is 3. The summed E-state index contributed by atoms with van der Waals surface area (Å²) in [5.41, 5.74) is 9.33. The Morgan fingerprint density at radius 1 is 0.571 bits per heavy atom. The molecule has 0 saturated carbocycles. The number of hydrogen-bond acceptors (Lipinski definition) is 5. The van der Waals surface area contributed by atoms with Crippen molar-refractivity contribution in [3.63, 3.8) is 0 Å². The molecule has 0 spiro atoms. The zero-order chi connectivity index (χ0) is 32.9. The number of nitrogens with zero attached hydrogens (tertiary/aromatic N) is 6. The van der Waals surface area contributed by atoms with Gasteiger partial charge in [-0.1, -0.05) is 48.5 Å². The lowest BCUT2D eigenvalue weighted by atomic mass is 10.1. The molecule has 0 atom stereocenters. The van der Waals surface area contributed by atoms with Crippen LogP contribution in [0, 0.1) is 0 Å². The van der Waals surface area contributed by atoms with Crippen LogP contribution >= 0.6 is 0 Å². The quantitative estimate of drug-likeness (QED) is 0.219. The molecule has 0 saturated heterocycles. The first-order chi connectivity index (χ1) is 23.1. The summed E-state index contributed by atoms with van der Waals surface area (Å²) in [5, 5.41) is 2.31. The van der Waals surface area contributed by atoms with E-state index in [0.717, 1.165) is 61.6 Å². The monoisotopic (exact) mass is 552 g/mol. The van der Waals surface area contributed by atoms with E-state index >= 15 is 0 Å². The number of benzene rings is 5. The molecule has 5 aromatic carbocycles. The predicted molar refractivity (Wildman–Crippen MR) is 175 cm³/mol. The molecule has 42 heavy (non-hydrogen) atoms. The Balaban J connectivity index is 1.24. The molecule has 0 radical (unpaired) electrons. The Hall–Kier alpha value is -5.36. The largest absolute Gasteiger partial charge is 0.361 e. The highest BCUT2D eigenvalue weighted by Gasteiger charge is 2.31. The molecule has 0 bridgehead atoms. The topological polar surface area (TPSA) is 21.1 Å². The first-order valence-electron chi connectivity index (χ1n) is 17.0. The van der Waals surface area contributed by atoms with Crippen LogP contribution in [0.15, 0.2) is 122 Å². The van der Waals surface area contributed by atoms with Gasteiger partial charge in [-0.3, -0.25) is 0 Å². The standard InChI is InChI=1S/C36H30N6/c1-37-19-20-39(23-37)25-9-7-10-27(21-25)41-34-16-8-12-29-28-11-3-4-13-30(28)42(36(29)34)33-18-17-26(22-35(33)41)40-24-38(2)31-14-5-6-15-32(31)40/h3-22H,23-24H2,1-2H3/i1D3,2D3. The fourth-order valence-corrected chi connectivity index (χ4v) is 6.72. The van der Waals surface area contributed by atoms with Gasteiger partial charge in [0.05, 0.1) is 52.8 Å². The minimum Gasteiger partial charge on any atom is -0.361 e. The van der Waals surface area contributed by atoms with E-state index in [1.807, 2.05) is 41.3 Å². The molecule has 0 N–H and O–H groups in total. The van der Waals surface area contributed by atoms with Gasteiger partial charge in [-0.2, -0.15) is 0 Å². The summed E-state index contributed by atoms with van der Waals surface area (Å²) in [4.78, 5) is 9.05. The Morgan fingerprint density at radius 2 is 1.38 bits per heavy atom. The third kappa shape index (κ3) is 3.20. The highest BCUT2D eigenvalue weighted by Crippen LogP contribution is 2.51. The molecule has 6 nitrogen and oxygen atoms in total. The molecule has 4 heterocycles. The van der Waals surface area contributed by atoms with E-state index in [1.54, 1.807) is 12.4 Å². The molecular weight excluding hydrogens is 516 g/mol. The minimum absolute atomic E-state index is 0.193. The van der Waals surface area contributed by atoms with Crippen LogP contribution in [-0.4, -0.2) is 36.8 Å². The van der Waals surface area contributed by atoms with Crippen molar-refractivity contribution in [2.24, 2.45) is 0 Å². The first-order valence-corrected chi connectivity index (χ1v) is 14.0. The lowest BCUT2D eigenvalue weighted by Crippen LogP contribution is -2.25. The van der Waals surface area contributed by atoms with Crippen molar-refractivity contribution in [3.8, 4) is 5.69 Å². The van der Waals surface area contributed by atoms with Crippen LogP contribution in [0.3, 0.4) is 0 Å². The van der Waals surface area contributed by atoms with E-state index < -0.39 is 14.0 Å². The average molecular weight is 553 g/mol. The highest BCUT2D eigenvalue weighted by atomic mass is 15.4. The third-order valence-corrected chi connectivity index (χ3v) is 8.56. The van der Waals surface area contributed by atoms with Crippen LogP contribution in [0.1, 0.15) is 8.22 Å². The molecule has 3 aliphatic heterocycles. The summed E-state index contributed by atoms with van der Waals surface area (Å²) in [6, 6.07) is 36.9. The maximum atomic E-state index is 8.23. The highest BCUT2D eigenvalue weighted by molar-refractivity contribution is 6.16. The number of anilines is 7. The molecule has 204 valence electrons. The normalized spacial score (nSPS) is 18.0. The summed E-state index contributed by atoms with van der Waals surface area (Å²) in [6.07, 6.45) is 3.41. The average Bonchev–Trinajstić information content (AvgIpc) is 3.81. The molecule has 0 amide bonds. The van der Waals surface area contributed by atoms with Crippen LogP contribution in [0.2, 0.25) is 0 Å². The molecule has 0 aliphatic carbocycles. The molecular formula is C36H30N6. The second kappa shape index (κ2) is 8.57. The summed E-state index contributed by atoms with van der Waals surface area (Å²) in [5.74, 6) is 0. The van der Waals surface area contributed by atoms with Gasteiger partial charge in [-0.15, -0.1) is 0 Å². The van der Waals surface area contributed by atoms with Crippen molar-refractivity contribution in [3.05, 3.63) is 122 Å². The molecule has 1 aromatic heterocycles. The van der Waals surface area contributed by atoms with Gasteiger partial charge in [0, 0.05) is 62.4 Å². The summed E-state index contributed by atoms with van der Waals surface area (Å²) < 4.78 is 50.6. The fourth-order valence-electron chi connectivity index (χ4n) is 6.72. The smallest absolute Gasteiger partial charge is 0.0950 e. The predicted octanol–water partition coefficient (Wildman–Crippen LogP) is 8.29. The second-order valence-electron chi connectivity index (χ2n) is 10.9. The molecule has 3 aliphatic rings. The van der Waals surface area contributed by atoms with Crippen molar-refractivity contribution in [2.45, 2.75) is 0 Å². The van der Waals surface area contributed by atoms with Gasteiger partial charge in [0.1, 0.15) is 0 Å². The number of hydrogen-bond donors (Lipinski definition) is 0. The number of fused-ring (bicyclic) bond motifs is 6. The van der Waals surface area contributed by atoms with Gasteiger partial charge in [-0.05, 0) is 60.7 Å². The Kier molecular flexibility index (Phi) is 3.70. The van der Waals surface area contributed by atoms with Gasteiger partial charge in [0.2, 0.25) is 0 Å². The first kappa shape index (κ1) is 18.1.